The summed E-state index contributed by atoms with van der Waals surface area (Å²) >= 11 is 6.55. The van der Waals surface area contributed by atoms with Gasteiger partial charge in [0.05, 0.1) is 15.5 Å². The molecule has 1 aliphatic heterocycles. The molecule has 0 atom stereocenters. The third-order valence-electron chi connectivity index (χ3n) is 4.31. The first-order valence-electron chi connectivity index (χ1n) is 8.02. The van der Waals surface area contributed by atoms with E-state index in [-0.39, 0.29) is 11.6 Å². The fourth-order valence-corrected chi connectivity index (χ4v) is 4.36. The Hall–Kier alpha value is -2.97. The van der Waals surface area contributed by atoms with Crippen molar-refractivity contribution >= 4 is 62.6 Å². The van der Waals surface area contributed by atoms with E-state index in [2.05, 4.69) is 0 Å². The van der Waals surface area contributed by atoms with Gasteiger partial charge in [-0.2, -0.15) is 0 Å². The van der Waals surface area contributed by atoms with Crippen molar-refractivity contribution in [1.82, 2.24) is 4.57 Å². The number of non-ortho nitro benzene ring substituents is 1. The molecule has 134 valence electrons. The van der Waals surface area contributed by atoms with Crippen LogP contribution in [0.25, 0.3) is 17.0 Å². The molecule has 0 spiro atoms. The molecule has 0 saturated carbocycles. The van der Waals surface area contributed by atoms with Crippen molar-refractivity contribution in [3.05, 3.63) is 75.3 Å². The molecule has 4 rings (SSSR count). The van der Waals surface area contributed by atoms with E-state index in [9.17, 15) is 14.9 Å². The summed E-state index contributed by atoms with van der Waals surface area (Å²) in [5, 5.41) is 12.1. The van der Waals surface area contributed by atoms with Gasteiger partial charge in [0.25, 0.3) is 11.6 Å². The number of nitro groups is 1. The van der Waals surface area contributed by atoms with Crippen molar-refractivity contribution in [2.45, 2.75) is 0 Å². The lowest BCUT2D eigenvalue weighted by Gasteiger charge is -2.13. The van der Waals surface area contributed by atoms with Gasteiger partial charge in [-0.15, -0.1) is 0 Å². The number of para-hydroxylation sites is 1. The number of thiocarbonyl (C=S) groups is 1. The summed E-state index contributed by atoms with van der Waals surface area (Å²) < 4.78 is 2.36. The molecular weight excluding hydrogens is 382 g/mol. The third-order valence-corrected chi connectivity index (χ3v) is 5.61. The van der Waals surface area contributed by atoms with Crippen LogP contribution in [0.3, 0.4) is 0 Å². The summed E-state index contributed by atoms with van der Waals surface area (Å²) in [5.74, 6) is -0.279. The van der Waals surface area contributed by atoms with E-state index >= 15 is 0 Å². The zero-order valence-corrected chi connectivity index (χ0v) is 15.8. The second-order valence-corrected chi connectivity index (χ2v) is 7.68. The number of benzene rings is 2. The molecule has 0 unspecified atom stereocenters. The van der Waals surface area contributed by atoms with Crippen molar-refractivity contribution < 1.29 is 9.72 Å². The van der Waals surface area contributed by atoms with Gasteiger partial charge in [0, 0.05) is 41.8 Å². The van der Waals surface area contributed by atoms with Gasteiger partial charge in [-0.1, -0.05) is 48.2 Å². The molecule has 8 heteroatoms. The second kappa shape index (κ2) is 6.64. The summed E-state index contributed by atoms with van der Waals surface area (Å²) in [6.45, 7) is 0. The van der Waals surface area contributed by atoms with Gasteiger partial charge in [-0.25, -0.2) is 0 Å². The number of anilines is 1. The van der Waals surface area contributed by atoms with Crippen molar-refractivity contribution in [2.24, 2.45) is 7.05 Å². The second-order valence-electron chi connectivity index (χ2n) is 6.01. The Balaban J connectivity index is 1.73. The molecule has 3 aromatic rings. The minimum absolute atomic E-state index is 0.0837. The highest BCUT2D eigenvalue weighted by Gasteiger charge is 2.34. The molecule has 1 amide bonds. The maximum absolute atomic E-state index is 12.9. The van der Waals surface area contributed by atoms with Crippen LogP contribution in [0.2, 0.25) is 0 Å². The number of fused-ring (bicyclic) bond motifs is 1. The Labute approximate surface area is 164 Å². The first-order valence-corrected chi connectivity index (χ1v) is 9.24. The van der Waals surface area contributed by atoms with Gasteiger partial charge >= 0.3 is 0 Å². The molecular formula is C19H13N3O3S2. The van der Waals surface area contributed by atoms with E-state index in [1.54, 1.807) is 12.1 Å². The largest absolute Gasteiger partial charge is 0.350 e. The highest BCUT2D eigenvalue weighted by molar-refractivity contribution is 8.27. The minimum atomic E-state index is -0.493. The predicted octanol–water partition coefficient (Wildman–Crippen LogP) is 4.49. The van der Waals surface area contributed by atoms with Gasteiger partial charge in [0.15, 0.2) is 4.32 Å². The quantitative estimate of drug-likeness (QED) is 0.283. The van der Waals surface area contributed by atoms with Crippen LogP contribution in [-0.2, 0) is 11.8 Å². The molecule has 27 heavy (non-hydrogen) atoms. The average Bonchev–Trinajstić information content (AvgIpc) is 3.12. The third kappa shape index (κ3) is 3.02. The summed E-state index contributed by atoms with van der Waals surface area (Å²) in [4.78, 5) is 25.3. The predicted molar refractivity (Wildman–Crippen MR) is 112 cm³/mol. The molecule has 1 saturated heterocycles. The molecule has 0 radical (unpaired) electrons. The highest BCUT2D eigenvalue weighted by atomic mass is 32.2. The number of nitro benzene ring substituents is 1. The number of rotatable bonds is 3. The molecule has 6 nitrogen and oxygen atoms in total. The Kier molecular flexibility index (Phi) is 4.29. The normalized spacial score (nSPS) is 15.9. The minimum Gasteiger partial charge on any atom is -0.350 e. The zero-order chi connectivity index (χ0) is 19.1. The number of amides is 1. The van der Waals surface area contributed by atoms with Crippen LogP contribution in [-0.4, -0.2) is 19.7 Å². The lowest BCUT2D eigenvalue weighted by atomic mass is 10.1. The van der Waals surface area contributed by atoms with Crippen molar-refractivity contribution in [1.29, 1.82) is 0 Å². The van der Waals surface area contributed by atoms with Crippen molar-refractivity contribution in [3.63, 3.8) is 0 Å². The lowest BCUT2D eigenvalue weighted by Crippen LogP contribution is -2.27. The molecule has 1 aromatic heterocycles. The van der Waals surface area contributed by atoms with Gasteiger partial charge < -0.3 is 4.57 Å². The molecule has 0 N–H and O–H groups in total. The van der Waals surface area contributed by atoms with E-state index in [1.807, 2.05) is 48.2 Å². The smallest absolute Gasteiger partial charge is 0.271 e. The lowest BCUT2D eigenvalue weighted by molar-refractivity contribution is -0.384. The van der Waals surface area contributed by atoms with Crippen LogP contribution in [0.4, 0.5) is 11.4 Å². The van der Waals surface area contributed by atoms with E-state index < -0.39 is 4.92 Å². The first-order chi connectivity index (χ1) is 13.0. The average molecular weight is 395 g/mol. The van der Waals surface area contributed by atoms with Gasteiger partial charge in [0.1, 0.15) is 0 Å². The number of thioether (sulfide) groups is 1. The number of carbonyl (C=O) groups is 1. The number of aryl methyl sites for hydroxylation is 1. The van der Waals surface area contributed by atoms with E-state index in [4.69, 9.17) is 12.2 Å². The highest BCUT2D eigenvalue weighted by Crippen LogP contribution is 2.37. The summed E-state index contributed by atoms with van der Waals surface area (Å²) in [5.41, 5.74) is 2.30. The fraction of sp³-hybridized carbons (Fsp3) is 0.0526. The summed E-state index contributed by atoms with van der Waals surface area (Å²) in [6.07, 6.45) is 3.78. The Morgan fingerprint density at radius 1 is 1.19 bits per heavy atom. The number of hydrogen-bond donors (Lipinski definition) is 0. The summed E-state index contributed by atoms with van der Waals surface area (Å²) in [6, 6.07) is 13.9. The van der Waals surface area contributed by atoms with Crippen LogP contribution >= 0.6 is 24.0 Å². The van der Waals surface area contributed by atoms with E-state index in [1.165, 1.54) is 28.8 Å². The number of carbonyl (C=O) groups excluding carboxylic acids is 1. The van der Waals surface area contributed by atoms with Crippen LogP contribution in [0.5, 0.6) is 0 Å². The van der Waals surface area contributed by atoms with Gasteiger partial charge in [0.2, 0.25) is 0 Å². The maximum Gasteiger partial charge on any atom is 0.271 e. The van der Waals surface area contributed by atoms with Crippen LogP contribution in [0.1, 0.15) is 5.56 Å². The molecule has 1 fully saturated rings. The molecule has 2 aromatic carbocycles. The first kappa shape index (κ1) is 17.4. The van der Waals surface area contributed by atoms with Crippen LogP contribution < -0.4 is 4.90 Å². The SMILES string of the molecule is Cn1cc(/C=C2\SC(=S)N(c3cccc([N+](=O)[O-])c3)C2=O)c2ccccc21. The van der Waals surface area contributed by atoms with E-state index in [0.717, 1.165) is 16.5 Å². The number of nitrogens with zero attached hydrogens (tertiary/aromatic N) is 3. The standard InChI is InChI=1S/C19H13N3O3S2/c1-20-11-12(15-7-2-3-8-16(15)20)9-17-18(23)21(19(26)27-17)13-5-4-6-14(10-13)22(24)25/h2-11H,1H3/b17-9-. The Morgan fingerprint density at radius 3 is 2.74 bits per heavy atom. The van der Waals surface area contributed by atoms with Crippen molar-refractivity contribution in [2.75, 3.05) is 4.90 Å². The fourth-order valence-electron chi connectivity index (χ4n) is 3.07. The maximum atomic E-state index is 12.9. The van der Waals surface area contributed by atoms with Gasteiger partial charge in [-0.05, 0) is 18.2 Å². The van der Waals surface area contributed by atoms with Crippen molar-refractivity contribution in [3.8, 4) is 0 Å². The van der Waals surface area contributed by atoms with Crippen LogP contribution in [0, 0.1) is 10.1 Å². The summed E-state index contributed by atoms with van der Waals surface area (Å²) in [7, 11) is 1.95. The Morgan fingerprint density at radius 2 is 1.96 bits per heavy atom. The zero-order valence-electron chi connectivity index (χ0n) is 14.2. The van der Waals surface area contributed by atoms with E-state index in [0.29, 0.717) is 14.9 Å². The number of hydrogen-bond acceptors (Lipinski definition) is 5. The molecule has 2 heterocycles. The monoisotopic (exact) mass is 395 g/mol. The topological polar surface area (TPSA) is 68.4 Å². The molecule has 1 aliphatic rings. The Bertz CT molecular complexity index is 1150. The molecule has 0 aliphatic carbocycles. The van der Waals surface area contributed by atoms with Gasteiger partial charge in [-0.3, -0.25) is 19.8 Å². The van der Waals surface area contributed by atoms with Crippen LogP contribution in [0.15, 0.2) is 59.6 Å². The number of aromatic nitrogens is 1. The molecule has 0 bridgehead atoms.